The van der Waals surface area contributed by atoms with Crippen LogP contribution in [-0.4, -0.2) is 5.16 Å². The second kappa shape index (κ2) is 6.42. The fourth-order valence-electron chi connectivity index (χ4n) is 2.07. The minimum Gasteiger partial charge on any atom is -0.362 e. The molecule has 0 spiro atoms. The van der Waals surface area contributed by atoms with E-state index in [0.29, 0.717) is 17.0 Å². The standard InChI is InChI=1S/C18H13N3O/c19-13-16-17(11-12-20-15-9-5-2-6-10-15)22-21-18(16)14-7-3-1-4-8-14/h1-12,20H/b12-11+. The van der Waals surface area contributed by atoms with E-state index < -0.39 is 0 Å². The van der Waals surface area contributed by atoms with E-state index in [-0.39, 0.29) is 0 Å². The van der Waals surface area contributed by atoms with E-state index in [1.54, 1.807) is 12.3 Å². The van der Waals surface area contributed by atoms with Gasteiger partial charge in [-0.1, -0.05) is 53.7 Å². The summed E-state index contributed by atoms with van der Waals surface area (Å²) in [4.78, 5) is 0. The molecule has 1 aromatic heterocycles. The molecule has 4 nitrogen and oxygen atoms in total. The smallest absolute Gasteiger partial charge is 0.179 e. The van der Waals surface area contributed by atoms with Gasteiger partial charge in [0.2, 0.25) is 0 Å². The third-order valence-corrected chi connectivity index (χ3v) is 3.14. The molecule has 0 radical (unpaired) electrons. The summed E-state index contributed by atoms with van der Waals surface area (Å²) in [6.45, 7) is 0. The molecule has 0 aliphatic heterocycles. The van der Waals surface area contributed by atoms with E-state index in [4.69, 9.17) is 4.52 Å². The Morgan fingerprint density at radius 2 is 1.68 bits per heavy atom. The maximum atomic E-state index is 9.36. The van der Waals surface area contributed by atoms with E-state index in [0.717, 1.165) is 11.3 Å². The van der Waals surface area contributed by atoms with Crippen molar-refractivity contribution in [3.63, 3.8) is 0 Å². The molecule has 0 saturated heterocycles. The third-order valence-electron chi connectivity index (χ3n) is 3.14. The Hall–Kier alpha value is -3.32. The minimum atomic E-state index is 0.428. The van der Waals surface area contributed by atoms with Crippen LogP contribution in [-0.2, 0) is 0 Å². The summed E-state index contributed by atoms with van der Waals surface area (Å²) in [5.41, 5.74) is 2.80. The number of nitrogens with one attached hydrogen (secondary N) is 1. The molecule has 2 aromatic carbocycles. The Bertz CT molecular complexity index is 815. The maximum absolute atomic E-state index is 9.36. The Balaban J connectivity index is 1.84. The molecule has 3 aromatic rings. The molecule has 3 rings (SSSR count). The lowest BCUT2D eigenvalue weighted by Gasteiger charge is -1.98. The lowest BCUT2D eigenvalue weighted by molar-refractivity contribution is 0.415. The van der Waals surface area contributed by atoms with E-state index in [1.807, 2.05) is 60.7 Å². The highest BCUT2D eigenvalue weighted by atomic mass is 16.5. The molecular formula is C18H13N3O. The number of hydrogen-bond donors (Lipinski definition) is 1. The van der Waals surface area contributed by atoms with Gasteiger partial charge in [0.05, 0.1) is 0 Å². The predicted molar refractivity (Wildman–Crippen MR) is 85.8 cm³/mol. The number of anilines is 1. The number of para-hydroxylation sites is 1. The van der Waals surface area contributed by atoms with Gasteiger partial charge in [0.15, 0.2) is 5.76 Å². The lowest BCUT2D eigenvalue weighted by atomic mass is 10.1. The van der Waals surface area contributed by atoms with E-state index >= 15 is 0 Å². The topological polar surface area (TPSA) is 61.9 Å². The largest absolute Gasteiger partial charge is 0.362 e. The first-order valence-corrected chi connectivity index (χ1v) is 6.82. The summed E-state index contributed by atoms with van der Waals surface area (Å²) in [6, 6.07) is 21.4. The van der Waals surface area contributed by atoms with Crippen molar-refractivity contribution in [3.8, 4) is 17.3 Å². The molecular weight excluding hydrogens is 274 g/mol. The molecule has 0 aliphatic carbocycles. The van der Waals surface area contributed by atoms with Crippen molar-refractivity contribution in [3.05, 3.63) is 78.2 Å². The van der Waals surface area contributed by atoms with Gasteiger partial charge in [-0.25, -0.2) is 0 Å². The molecule has 0 bridgehead atoms. The number of hydrogen-bond acceptors (Lipinski definition) is 4. The summed E-state index contributed by atoms with van der Waals surface area (Å²) in [6.07, 6.45) is 3.43. The Morgan fingerprint density at radius 1 is 1.00 bits per heavy atom. The van der Waals surface area contributed by atoms with Gasteiger partial charge in [0, 0.05) is 23.5 Å². The lowest BCUT2D eigenvalue weighted by Crippen LogP contribution is -1.86. The zero-order valence-corrected chi connectivity index (χ0v) is 11.7. The van der Waals surface area contributed by atoms with Crippen molar-refractivity contribution in [1.82, 2.24) is 5.16 Å². The number of aromatic nitrogens is 1. The summed E-state index contributed by atoms with van der Waals surface area (Å²) in [5, 5.41) is 16.5. The quantitative estimate of drug-likeness (QED) is 0.777. The zero-order valence-electron chi connectivity index (χ0n) is 11.7. The average Bonchev–Trinajstić information content (AvgIpc) is 2.99. The van der Waals surface area contributed by atoms with Crippen molar-refractivity contribution >= 4 is 11.8 Å². The molecule has 0 amide bonds. The Kier molecular flexibility index (Phi) is 3.98. The van der Waals surface area contributed by atoms with Crippen LogP contribution in [0, 0.1) is 11.3 Å². The van der Waals surface area contributed by atoms with Crippen molar-refractivity contribution in [1.29, 1.82) is 5.26 Å². The predicted octanol–water partition coefficient (Wildman–Crippen LogP) is 4.30. The van der Waals surface area contributed by atoms with Crippen molar-refractivity contribution in [2.75, 3.05) is 5.32 Å². The molecule has 0 saturated carbocycles. The van der Waals surface area contributed by atoms with Crippen LogP contribution in [0.5, 0.6) is 0 Å². The zero-order chi connectivity index (χ0) is 15.2. The van der Waals surface area contributed by atoms with Gasteiger partial charge in [-0.3, -0.25) is 0 Å². The number of nitriles is 1. The monoisotopic (exact) mass is 287 g/mol. The first-order chi connectivity index (χ1) is 10.9. The molecule has 1 heterocycles. The van der Waals surface area contributed by atoms with Crippen LogP contribution in [0.25, 0.3) is 17.3 Å². The highest BCUT2D eigenvalue weighted by Gasteiger charge is 2.15. The van der Waals surface area contributed by atoms with Crippen LogP contribution >= 0.6 is 0 Å². The van der Waals surface area contributed by atoms with Gasteiger partial charge < -0.3 is 9.84 Å². The van der Waals surface area contributed by atoms with E-state index in [1.165, 1.54) is 0 Å². The molecule has 0 atom stereocenters. The molecule has 4 heteroatoms. The number of rotatable bonds is 4. The van der Waals surface area contributed by atoms with Crippen LogP contribution in [0.4, 0.5) is 5.69 Å². The van der Waals surface area contributed by atoms with Crippen LogP contribution in [0.3, 0.4) is 0 Å². The summed E-state index contributed by atoms with van der Waals surface area (Å²) in [7, 11) is 0. The highest BCUT2D eigenvalue weighted by Crippen LogP contribution is 2.25. The summed E-state index contributed by atoms with van der Waals surface area (Å²) >= 11 is 0. The van der Waals surface area contributed by atoms with Crippen LogP contribution in [0.15, 0.2) is 71.4 Å². The van der Waals surface area contributed by atoms with Gasteiger partial charge >= 0.3 is 0 Å². The molecule has 0 aliphatic rings. The highest BCUT2D eigenvalue weighted by molar-refractivity contribution is 5.71. The molecule has 1 N–H and O–H groups in total. The first-order valence-electron chi connectivity index (χ1n) is 6.82. The van der Waals surface area contributed by atoms with Gasteiger partial charge in [0.1, 0.15) is 17.3 Å². The van der Waals surface area contributed by atoms with Crippen LogP contribution in [0.2, 0.25) is 0 Å². The second-order valence-corrected chi connectivity index (χ2v) is 4.59. The van der Waals surface area contributed by atoms with E-state index in [9.17, 15) is 5.26 Å². The van der Waals surface area contributed by atoms with Gasteiger partial charge in [-0.2, -0.15) is 5.26 Å². The van der Waals surface area contributed by atoms with E-state index in [2.05, 4.69) is 16.5 Å². The van der Waals surface area contributed by atoms with Crippen molar-refractivity contribution in [2.45, 2.75) is 0 Å². The Labute approximate surface area is 128 Å². The summed E-state index contributed by atoms with van der Waals surface area (Å²) < 4.78 is 5.28. The summed E-state index contributed by atoms with van der Waals surface area (Å²) in [5.74, 6) is 0.435. The molecule has 22 heavy (non-hydrogen) atoms. The molecule has 0 unspecified atom stereocenters. The minimum absolute atomic E-state index is 0.428. The average molecular weight is 287 g/mol. The Morgan fingerprint density at radius 3 is 2.36 bits per heavy atom. The van der Waals surface area contributed by atoms with Crippen LogP contribution in [0.1, 0.15) is 11.3 Å². The number of nitrogens with zero attached hydrogens (tertiary/aromatic N) is 2. The fourth-order valence-corrected chi connectivity index (χ4v) is 2.07. The van der Waals surface area contributed by atoms with Gasteiger partial charge in [-0.15, -0.1) is 0 Å². The fraction of sp³-hybridized carbons (Fsp3) is 0. The second-order valence-electron chi connectivity index (χ2n) is 4.59. The van der Waals surface area contributed by atoms with Gasteiger partial charge in [0.25, 0.3) is 0 Å². The van der Waals surface area contributed by atoms with Crippen LogP contribution < -0.4 is 5.32 Å². The number of benzene rings is 2. The first kappa shape index (κ1) is 13.7. The normalized spacial score (nSPS) is 10.5. The molecule has 0 fully saturated rings. The van der Waals surface area contributed by atoms with Gasteiger partial charge in [-0.05, 0) is 12.1 Å². The SMILES string of the molecule is N#Cc1c(-c2ccccc2)noc1/C=C/Nc1ccccc1. The van der Waals surface area contributed by atoms with Crippen molar-refractivity contribution in [2.24, 2.45) is 0 Å². The third kappa shape index (κ3) is 2.89. The van der Waals surface area contributed by atoms with Crippen molar-refractivity contribution < 1.29 is 4.52 Å². The maximum Gasteiger partial charge on any atom is 0.179 e. The molecule has 106 valence electrons.